The van der Waals surface area contributed by atoms with Gasteiger partial charge in [-0.2, -0.15) is 14.8 Å². The first kappa shape index (κ1) is 21.4. The van der Waals surface area contributed by atoms with Crippen molar-refractivity contribution in [1.82, 2.24) is 29.4 Å². The molecule has 1 atom stereocenters. The van der Waals surface area contributed by atoms with Crippen molar-refractivity contribution < 1.29 is 13.7 Å². The largest absolute Gasteiger partial charge is 0.351 e. The molecule has 34 heavy (non-hydrogen) atoms. The van der Waals surface area contributed by atoms with E-state index in [9.17, 15) is 18.8 Å². The Morgan fingerprint density at radius 2 is 1.82 bits per heavy atom. The lowest BCUT2D eigenvalue weighted by Crippen LogP contribution is -2.40. The normalized spacial score (nSPS) is 15.6. The molecule has 172 valence electrons. The molecular formula is C23H19FN6O4. The Kier molecular flexibility index (Phi) is 5.36. The van der Waals surface area contributed by atoms with E-state index in [1.165, 1.54) is 19.2 Å². The van der Waals surface area contributed by atoms with Crippen LogP contribution in [0.15, 0.2) is 68.7 Å². The molecule has 10 nitrogen and oxygen atoms in total. The van der Waals surface area contributed by atoms with E-state index in [0.29, 0.717) is 13.1 Å². The maximum absolute atomic E-state index is 13.3. The summed E-state index contributed by atoms with van der Waals surface area (Å²) in [6.45, 7) is 1.04. The van der Waals surface area contributed by atoms with Gasteiger partial charge < -0.3 is 9.42 Å². The van der Waals surface area contributed by atoms with Gasteiger partial charge in [0.05, 0.1) is 5.69 Å². The number of likely N-dealkylation sites (tertiary alicyclic amines) is 1. The zero-order valence-corrected chi connectivity index (χ0v) is 18.1. The molecule has 0 bridgehead atoms. The predicted molar refractivity (Wildman–Crippen MR) is 118 cm³/mol. The average molecular weight is 462 g/mol. The Morgan fingerprint density at radius 1 is 1.09 bits per heavy atom. The standard InChI is InChI=1S/C23H19FN6O4/c1-28-21(31)18(26-30(23(28)33)17-9-7-16(24)8-10-17)19-25-20(34-27-19)22(32)29-12-11-15(13-29)14-5-3-2-4-6-14/h2-10,15H,11-13H2,1H3/t15-/m1/s1. The molecule has 1 aliphatic rings. The second-order valence-electron chi connectivity index (χ2n) is 7.95. The fourth-order valence-corrected chi connectivity index (χ4v) is 3.95. The number of aromatic nitrogens is 5. The number of amides is 1. The van der Waals surface area contributed by atoms with E-state index in [2.05, 4.69) is 15.2 Å². The summed E-state index contributed by atoms with van der Waals surface area (Å²) in [5, 5.41) is 7.81. The third-order valence-corrected chi connectivity index (χ3v) is 5.81. The molecule has 0 saturated carbocycles. The molecule has 0 unspecified atom stereocenters. The van der Waals surface area contributed by atoms with Crippen LogP contribution in [0.1, 0.15) is 28.6 Å². The summed E-state index contributed by atoms with van der Waals surface area (Å²) in [6.07, 6.45) is 0.807. The summed E-state index contributed by atoms with van der Waals surface area (Å²) < 4.78 is 20.2. The van der Waals surface area contributed by atoms with Crippen LogP contribution in [0.3, 0.4) is 0 Å². The molecule has 0 aliphatic carbocycles. The highest BCUT2D eigenvalue weighted by Crippen LogP contribution is 2.28. The zero-order valence-electron chi connectivity index (χ0n) is 18.1. The summed E-state index contributed by atoms with van der Waals surface area (Å²) in [6, 6.07) is 14.9. The molecule has 1 fully saturated rings. The molecule has 3 heterocycles. The summed E-state index contributed by atoms with van der Waals surface area (Å²) in [7, 11) is 1.27. The predicted octanol–water partition coefficient (Wildman–Crippen LogP) is 1.75. The van der Waals surface area contributed by atoms with Crippen LogP contribution in [-0.2, 0) is 7.05 Å². The highest BCUT2D eigenvalue weighted by atomic mass is 19.1. The monoisotopic (exact) mass is 462 g/mol. The lowest BCUT2D eigenvalue weighted by Gasteiger charge is -2.14. The van der Waals surface area contributed by atoms with E-state index in [4.69, 9.17) is 4.52 Å². The highest BCUT2D eigenvalue weighted by molar-refractivity contribution is 5.90. The number of halogens is 1. The maximum Gasteiger partial charge on any atom is 0.351 e. The first-order valence-electron chi connectivity index (χ1n) is 10.6. The molecular weight excluding hydrogens is 443 g/mol. The van der Waals surface area contributed by atoms with Gasteiger partial charge in [0, 0.05) is 26.1 Å². The summed E-state index contributed by atoms with van der Waals surface area (Å²) in [5.74, 6) is -1.22. The number of hydrogen-bond acceptors (Lipinski definition) is 7. The SMILES string of the molecule is Cn1c(=O)c(-c2noc(C(=O)N3CC[C@@H](c4ccccc4)C3)n2)nn(-c2ccc(F)cc2)c1=O. The van der Waals surface area contributed by atoms with E-state index in [1.54, 1.807) is 4.90 Å². The average Bonchev–Trinajstić information content (AvgIpc) is 3.54. The molecule has 2 aromatic heterocycles. The van der Waals surface area contributed by atoms with Crippen molar-refractivity contribution in [2.45, 2.75) is 12.3 Å². The number of rotatable bonds is 4. The number of carbonyl (C=O) groups is 1. The van der Waals surface area contributed by atoms with Crippen LogP contribution in [0.5, 0.6) is 0 Å². The van der Waals surface area contributed by atoms with Crippen LogP contribution in [0, 0.1) is 5.82 Å². The van der Waals surface area contributed by atoms with Crippen LogP contribution >= 0.6 is 0 Å². The minimum atomic E-state index is -0.756. The van der Waals surface area contributed by atoms with Crippen molar-refractivity contribution in [1.29, 1.82) is 0 Å². The van der Waals surface area contributed by atoms with Gasteiger partial charge in [-0.05, 0) is 36.2 Å². The quantitative estimate of drug-likeness (QED) is 0.454. The minimum Gasteiger partial charge on any atom is -0.334 e. The maximum atomic E-state index is 13.3. The fourth-order valence-electron chi connectivity index (χ4n) is 3.95. The van der Waals surface area contributed by atoms with Gasteiger partial charge in [-0.1, -0.05) is 35.5 Å². The first-order valence-corrected chi connectivity index (χ1v) is 10.6. The zero-order chi connectivity index (χ0) is 23.8. The van der Waals surface area contributed by atoms with Gasteiger partial charge in [0.15, 0.2) is 5.69 Å². The third kappa shape index (κ3) is 3.81. The fraction of sp³-hybridized carbons (Fsp3) is 0.217. The van der Waals surface area contributed by atoms with Crippen molar-refractivity contribution in [3.05, 3.63) is 92.7 Å². The Bertz CT molecular complexity index is 1480. The molecule has 0 radical (unpaired) electrons. The molecule has 1 aliphatic heterocycles. The van der Waals surface area contributed by atoms with Gasteiger partial charge >= 0.3 is 17.5 Å². The van der Waals surface area contributed by atoms with Crippen LogP contribution in [0.4, 0.5) is 4.39 Å². The van der Waals surface area contributed by atoms with Crippen molar-refractivity contribution in [3.63, 3.8) is 0 Å². The van der Waals surface area contributed by atoms with Crippen LogP contribution in [-0.4, -0.2) is 48.4 Å². The van der Waals surface area contributed by atoms with E-state index < -0.39 is 23.0 Å². The number of benzene rings is 2. The van der Waals surface area contributed by atoms with E-state index >= 15 is 0 Å². The third-order valence-electron chi connectivity index (χ3n) is 5.81. The summed E-state index contributed by atoms with van der Waals surface area (Å²) >= 11 is 0. The van der Waals surface area contributed by atoms with Gasteiger partial charge in [-0.3, -0.25) is 14.2 Å². The molecule has 2 aromatic carbocycles. The molecule has 0 N–H and O–H groups in total. The summed E-state index contributed by atoms with van der Waals surface area (Å²) in [4.78, 5) is 43.8. The Labute approximate surface area is 191 Å². The number of hydrogen-bond donors (Lipinski definition) is 0. The van der Waals surface area contributed by atoms with Gasteiger partial charge in [0.2, 0.25) is 5.82 Å². The van der Waals surface area contributed by atoms with E-state index in [0.717, 1.165) is 33.4 Å². The Morgan fingerprint density at radius 3 is 2.56 bits per heavy atom. The molecule has 4 aromatic rings. The van der Waals surface area contributed by atoms with E-state index in [-0.39, 0.29) is 29.0 Å². The molecule has 1 saturated heterocycles. The second-order valence-corrected chi connectivity index (χ2v) is 7.95. The Balaban J connectivity index is 1.43. The smallest absolute Gasteiger partial charge is 0.334 e. The second kappa shape index (κ2) is 8.50. The topological polar surface area (TPSA) is 116 Å². The number of nitrogens with zero attached hydrogens (tertiary/aromatic N) is 6. The van der Waals surface area contributed by atoms with Crippen molar-refractivity contribution >= 4 is 5.91 Å². The molecule has 5 rings (SSSR count). The Hall–Kier alpha value is -4.41. The van der Waals surface area contributed by atoms with Crippen LogP contribution < -0.4 is 11.2 Å². The van der Waals surface area contributed by atoms with Gasteiger partial charge in [-0.15, -0.1) is 0 Å². The summed E-state index contributed by atoms with van der Waals surface area (Å²) in [5.41, 5.74) is -0.373. The highest BCUT2D eigenvalue weighted by Gasteiger charge is 2.31. The molecule has 0 spiro atoms. The van der Waals surface area contributed by atoms with Crippen molar-refractivity contribution in [2.24, 2.45) is 7.05 Å². The minimum absolute atomic E-state index is 0.209. The van der Waals surface area contributed by atoms with E-state index in [1.807, 2.05) is 30.3 Å². The van der Waals surface area contributed by atoms with Crippen molar-refractivity contribution in [3.8, 4) is 17.2 Å². The first-order chi connectivity index (χ1) is 16.4. The van der Waals surface area contributed by atoms with Gasteiger partial charge in [-0.25, -0.2) is 9.18 Å². The van der Waals surface area contributed by atoms with Crippen LogP contribution in [0.25, 0.3) is 17.2 Å². The lowest BCUT2D eigenvalue weighted by molar-refractivity contribution is 0.0741. The number of carbonyl (C=O) groups excluding carboxylic acids is 1. The molecule has 11 heteroatoms. The van der Waals surface area contributed by atoms with Gasteiger partial charge in [0.1, 0.15) is 5.82 Å². The van der Waals surface area contributed by atoms with Gasteiger partial charge in [0.25, 0.3) is 5.56 Å². The molecule has 1 amide bonds. The van der Waals surface area contributed by atoms with Crippen molar-refractivity contribution in [2.75, 3.05) is 13.1 Å². The van der Waals surface area contributed by atoms with Crippen LogP contribution in [0.2, 0.25) is 0 Å². The lowest BCUT2D eigenvalue weighted by atomic mass is 9.99.